The van der Waals surface area contributed by atoms with Crippen LogP contribution in [0.25, 0.3) is 11.1 Å². The summed E-state index contributed by atoms with van der Waals surface area (Å²) in [5, 5.41) is 26.7. The molecule has 1 amide bonds. The lowest BCUT2D eigenvalue weighted by molar-refractivity contribution is 0.0697. The second-order valence-corrected chi connectivity index (χ2v) is 7.61. The number of phenols is 1. The van der Waals surface area contributed by atoms with Crippen LogP contribution in [0.2, 0.25) is 0 Å². The first-order valence-corrected chi connectivity index (χ1v) is 9.82. The first kappa shape index (κ1) is 20.1. The molecule has 3 rings (SSSR count). The molecule has 0 aliphatic carbocycles. The van der Waals surface area contributed by atoms with Crippen LogP contribution >= 0.6 is 0 Å². The monoisotopic (exact) mass is 412 g/mol. The lowest BCUT2D eigenvalue weighted by atomic mass is 10.0. The van der Waals surface area contributed by atoms with Gasteiger partial charge in [-0.15, -0.1) is 0 Å². The molecule has 3 aromatic carbocycles. The van der Waals surface area contributed by atoms with Crippen LogP contribution in [0.5, 0.6) is 5.75 Å². The van der Waals surface area contributed by atoms with E-state index in [0.717, 1.165) is 0 Å². The van der Waals surface area contributed by atoms with E-state index in [-0.39, 0.29) is 27.5 Å². The molecule has 0 saturated carbocycles. The number of aromatic carboxylic acids is 1. The molecule has 8 nitrogen and oxygen atoms in total. The highest BCUT2D eigenvalue weighted by molar-refractivity contribution is 7.89. The number of carbonyl (C=O) groups excluding carboxylic acids is 1. The second-order valence-electron chi connectivity index (χ2n) is 6.08. The Morgan fingerprint density at radius 2 is 1.55 bits per heavy atom. The quantitative estimate of drug-likeness (QED) is 0.474. The maximum Gasteiger partial charge on any atom is 0.337 e. The third kappa shape index (κ3) is 4.26. The minimum absolute atomic E-state index is 0.0440. The number of carbonyl (C=O) groups is 2. The lowest BCUT2D eigenvalue weighted by Gasteiger charge is -2.11. The average molecular weight is 412 g/mol. The van der Waals surface area contributed by atoms with E-state index in [1.165, 1.54) is 36.4 Å². The normalized spacial score (nSPS) is 11.1. The molecule has 0 spiro atoms. The average Bonchev–Trinajstić information content (AvgIpc) is 2.68. The second kappa shape index (κ2) is 7.74. The van der Waals surface area contributed by atoms with Crippen LogP contribution in [0.1, 0.15) is 20.7 Å². The zero-order valence-electron chi connectivity index (χ0n) is 14.9. The zero-order chi connectivity index (χ0) is 21.2. The number of benzene rings is 3. The number of carboxylic acid groups (broad SMARTS) is 1. The van der Waals surface area contributed by atoms with E-state index in [9.17, 15) is 28.2 Å². The van der Waals surface area contributed by atoms with Crippen LogP contribution in [-0.2, 0) is 10.0 Å². The van der Waals surface area contributed by atoms with E-state index in [1.54, 1.807) is 30.3 Å². The number of primary sulfonamides is 1. The molecule has 5 N–H and O–H groups in total. The highest BCUT2D eigenvalue weighted by Gasteiger charge is 2.18. The molecule has 0 unspecified atom stereocenters. The fourth-order valence-electron chi connectivity index (χ4n) is 2.79. The predicted molar refractivity (Wildman–Crippen MR) is 106 cm³/mol. The van der Waals surface area contributed by atoms with E-state index >= 15 is 0 Å². The predicted octanol–water partition coefficient (Wildman–Crippen LogP) is 2.66. The Hall–Kier alpha value is -3.69. The third-order valence-corrected chi connectivity index (χ3v) is 5.13. The SMILES string of the molecule is NS(=O)(=O)c1ccccc1-c1ccc(C(=O)Nc2c(O)cccc2C(=O)O)cc1. The molecule has 0 aromatic heterocycles. The highest BCUT2D eigenvalue weighted by atomic mass is 32.2. The van der Waals surface area contributed by atoms with Crippen molar-refractivity contribution < 1.29 is 28.2 Å². The van der Waals surface area contributed by atoms with Crippen LogP contribution in [-0.4, -0.2) is 30.5 Å². The van der Waals surface area contributed by atoms with Crippen molar-refractivity contribution >= 4 is 27.6 Å². The topological polar surface area (TPSA) is 147 Å². The van der Waals surface area contributed by atoms with Crippen molar-refractivity contribution in [3.8, 4) is 16.9 Å². The van der Waals surface area contributed by atoms with Crippen molar-refractivity contribution in [1.82, 2.24) is 0 Å². The maximum atomic E-state index is 12.5. The standard InChI is InChI=1S/C20H16N2O6S/c21-29(27,28)17-7-2-1-4-14(17)12-8-10-13(11-9-12)19(24)22-18-15(20(25)26)5-3-6-16(18)23/h1-11,23H,(H,22,24)(H,25,26)(H2,21,27,28). The summed E-state index contributed by atoms with van der Waals surface area (Å²) in [6.07, 6.45) is 0. The number of carboxylic acids is 1. The number of hydrogen-bond donors (Lipinski definition) is 4. The van der Waals surface area contributed by atoms with Gasteiger partial charge in [0.15, 0.2) is 0 Å². The maximum absolute atomic E-state index is 12.5. The molecule has 0 heterocycles. The van der Waals surface area contributed by atoms with Gasteiger partial charge < -0.3 is 15.5 Å². The van der Waals surface area contributed by atoms with Gasteiger partial charge >= 0.3 is 5.97 Å². The van der Waals surface area contributed by atoms with Crippen LogP contribution < -0.4 is 10.5 Å². The number of hydrogen-bond acceptors (Lipinski definition) is 5. The van der Waals surface area contributed by atoms with Gasteiger partial charge in [-0.2, -0.15) is 0 Å². The molecular weight excluding hydrogens is 396 g/mol. The largest absolute Gasteiger partial charge is 0.506 e. The van der Waals surface area contributed by atoms with Gasteiger partial charge in [-0.3, -0.25) is 4.79 Å². The van der Waals surface area contributed by atoms with E-state index in [4.69, 9.17) is 5.14 Å². The Kier molecular flexibility index (Phi) is 5.35. The summed E-state index contributed by atoms with van der Waals surface area (Å²) in [5.41, 5.74) is 0.628. The minimum Gasteiger partial charge on any atom is -0.506 e. The van der Waals surface area contributed by atoms with Crippen molar-refractivity contribution in [3.63, 3.8) is 0 Å². The van der Waals surface area contributed by atoms with Gasteiger partial charge in [0.05, 0.1) is 16.1 Å². The number of rotatable bonds is 5. The van der Waals surface area contributed by atoms with Crippen molar-refractivity contribution in [1.29, 1.82) is 0 Å². The van der Waals surface area contributed by atoms with Gasteiger partial charge in [0.2, 0.25) is 10.0 Å². The smallest absolute Gasteiger partial charge is 0.337 e. The number of phenolic OH excluding ortho intramolecular Hbond substituents is 1. The Morgan fingerprint density at radius 1 is 0.897 bits per heavy atom. The first-order chi connectivity index (χ1) is 13.7. The van der Waals surface area contributed by atoms with Crippen LogP contribution in [0.3, 0.4) is 0 Å². The van der Waals surface area contributed by atoms with E-state index in [0.29, 0.717) is 11.1 Å². The van der Waals surface area contributed by atoms with E-state index in [1.807, 2.05) is 0 Å². The molecule has 0 atom stereocenters. The number of nitrogens with one attached hydrogen (secondary N) is 1. The molecule has 0 saturated heterocycles. The van der Waals surface area contributed by atoms with Gasteiger partial charge in [0.1, 0.15) is 5.75 Å². The van der Waals surface area contributed by atoms with Gasteiger partial charge in [-0.1, -0.05) is 36.4 Å². The van der Waals surface area contributed by atoms with Crippen molar-refractivity contribution in [3.05, 3.63) is 77.9 Å². The number of para-hydroxylation sites is 1. The number of aromatic hydroxyl groups is 1. The fraction of sp³-hybridized carbons (Fsp3) is 0. The number of sulfonamides is 1. The first-order valence-electron chi connectivity index (χ1n) is 8.27. The Labute approximate surface area is 166 Å². The molecule has 29 heavy (non-hydrogen) atoms. The fourth-order valence-corrected chi connectivity index (χ4v) is 3.55. The Bertz CT molecular complexity index is 1200. The minimum atomic E-state index is -3.93. The zero-order valence-corrected chi connectivity index (χ0v) is 15.7. The lowest BCUT2D eigenvalue weighted by Crippen LogP contribution is -2.15. The van der Waals surface area contributed by atoms with Crippen LogP contribution in [0, 0.1) is 0 Å². The van der Waals surface area contributed by atoms with Crippen molar-refractivity contribution in [2.75, 3.05) is 5.32 Å². The molecule has 148 valence electrons. The van der Waals surface area contributed by atoms with Gasteiger partial charge in [-0.25, -0.2) is 18.4 Å². The molecule has 3 aromatic rings. The van der Waals surface area contributed by atoms with Crippen molar-refractivity contribution in [2.45, 2.75) is 4.90 Å². The summed E-state index contributed by atoms with van der Waals surface area (Å²) in [6, 6.07) is 16.0. The van der Waals surface area contributed by atoms with Gasteiger partial charge in [-0.05, 0) is 35.9 Å². The van der Waals surface area contributed by atoms with Gasteiger partial charge in [0, 0.05) is 11.1 Å². The van der Waals surface area contributed by atoms with E-state index in [2.05, 4.69) is 5.32 Å². The van der Waals surface area contributed by atoms with Crippen LogP contribution in [0.4, 0.5) is 5.69 Å². The molecule has 0 radical (unpaired) electrons. The summed E-state index contributed by atoms with van der Waals surface area (Å²) in [6.45, 7) is 0. The Morgan fingerprint density at radius 3 is 2.17 bits per heavy atom. The molecule has 0 bridgehead atoms. The summed E-state index contributed by atoms with van der Waals surface area (Å²) in [5.74, 6) is -2.32. The molecule has 0 aliphatic rings. The number of nitrogens with two attached hydrogens (primary N) is 1. The molecule has 9 heteroatoms. The van der Waals surface area contributed by atoms with Gasteiger partial charge in [0.25, 0.3) is 5.91 Å². The number of anilines is 1. The summed E-state index contributed by atoms with van der Waals surface area (Å²) in [7, 11) is -3.93. The Balaban J connectivity index is 1.91. The summed E-state index contributed by atoms with van der Waals surface area (Å²) < 4.78 is 23.5. The summed E-state index contributed by atoms with van der Waals surface area (Å²) >= 11 is 0. The summed E-state index contributed by atoms with van der Waals surface area (Å²) in [4.78, 5) is 23.7. The number of amides is 1. The molecule has 0 fully saturated rings. The highest BCUT2D eigenvalue weighted by Crippen LogP contribution is 2.29. The van der Waals surface area contributed by atoms with Crippen molar-refractivity contribution in [2.24, 2.45) is 5.14 Å². The third-order valence-electron chi connectivity index (χ3n) is 4.16. The van der Waals surface area contributed by atoms with E-state index < -0.39 is 21.9 Å². The molecule has 0 aliphatic heterocycles. The molecular formula is C20H16N2O6S. The van der Waals surface area contributed by atoms with Crippen LogP contribution in [0.15, 0.2) is 71.6 Å².